The van der Waals surface area contributed by atoms with Gasteiger partial charge in [0.05, 0.1) is 11.9 Å². The van der Waals surface area contributed by atoms with E-state index in [4.69, 9.17) is 15.2 Å². The van der Waals surface area contributed by atoms with Crippen molar-refractivity contribution in [1.82, 2.24) is 14.9 Å². The van der Waals surface area contributed by atoms with Gasteiger partial charge < -0.3 is 30.3 Å². The number of alkyl halides is 1. The van der Waals surface area contributed by atoms with Gasteiger partial charge >= 0.3 is 12.1 Å². The molecule has 1 aromatic carbocycles. The number of hydrogen-bond donors (Lipinski definition) is 2. The van der Waals surface area contributed by atoms with Gasteiger partial charge in [0.2, 0.25) is 12.3 Å². The summed E-state index contributed by atoms with van der Waals surface area (Å²) in [6.07, 6.45) is 0.0446. The smallest absolute Gasteiger partial charge is 0.414 e. The fraction of sp³-hybridized carbons (Fsp3) is 0.500. The van der Waals surface area contributed by atoms with E-state index in [0.29, 0.717) is 31.2 Å². The number of benzene rings is 1. The zero-order valence-electron chi connectivity index (χ0n) is 21.0. The van der Waals surface area contributed by atoms with Crippen LogP contribution in [0, 0.1) is 0 Å². The van der Waals surface area contributed by atoms with Crippen molar-refractivity contribution in [2.24, 2.45) is 0 Å². The number of halogens is 1. The standard InChI is InChI=1S/C24H35FN6O4/c1-6-9-20(25)35-22(32)19(14-16-10-12-17(13-11-16)34-24(33)30(4)5)28-21-18(26)15-27-23(29-21)31(7-2)8-3/h10-13,15,19-20H,6-9,14,26H2,1-5H3,(H,27,28,29). The summed E-state index contributed by atoms with van der Waals surface area (Å²) in [5.41, 5.74) is 7.04. The van der Waals surface area contributed by atoms with E-state index in [-0.39, 0.29) is 24.3 Å². The lowest BCUT2D eigenvalue weighted by atomic mass is 10.1. The lowest BCUT2D eigenvalue weighted by Gasteiger charge is -2.23. The van der Waals surface area contributed by atoms with E-state index in [1.54, 1.807) is 45.3 Å². The monoisotopic (exact) mass is 490 g/mol. The van der Waals surface area contributed by atoms with Gasteiger partial charge in [0.1, 0.15) is 11.8 Å². The van der Waals surface area contributed by atoms with Gasteiger partial charge in [-0.3, -0.25) is 0 Å². The molecule has 192 valence electrons. The summed E-state index contributed by atoms with van der Waals surface area (Å²) in [4.78, 5) is 36.6. The molecule has 2 atom stereocenters. The van der Waals surface area contributed by atoms with E-state index >= 15 is 0 Å². The molecule has 10 nitrogen and oxygen atoms in total. The van der Waals surface area contributed by atoms with E-state index in [1.165, 1.54) is 11.1 Å². The van der Waals surface area contributed by atoms with Crippen molar-refractivity contribution in [2.75, 3.05) is 43.1 Å². The van der Waals surface area contributed by atoms with Crippen molar-refractivity contribution in [3.8, 4) is 5.75 Å². The Bertz CT molecular complexity index is 969. The highest BCUT2D eigenvalue weighted by Gasteiger charge is 2.25. The molecule has 2 rings (SSSR count). The van der Waals surface area contributed by atoms with Crippen LogP contribution in [0.3, 0.4) is 0 Å². The molecule has 2 unspecified atom stereocenters. The molecule has 1 aromatic heterocycles. The van der Waals surface area contributed by atoms with Crippen LogP contribution in [0.5, 0.6) is 5.75 Å². The first-order valence-electron chi connectivity index (χ1n) is 11.6. The predicted molar refractivity (Wildman–Crippen MR) is 133 cm³/mol. The third-order valence-corrected chi connectivity index (χ3v) is 5.14. The Kier molecular flexibility index (Phi) is 10.5. The highest BCUT2D eigenvalue weighted by atomic mass is 19.1. The van der Waals surface area contributed by atoms with Crippen molar-refractivity contribution in [3.63, 3.8) is 0 Å². The van der Waals surface area contributed by atoms with Crippen LogP contribution in [-0.4, -0.2) is 66.5 Å². The number of rotatable bonds is 12. The SMILES string of the molecule is CCCC(F)OC(=O)C(Cc1ccc(OC(=O)N(C)C)cc1)Nc1nc(N(CC)CC)ncc1N. The molecular formula is C24H35FN6O4. The van der Waals surface area contributed by atoms with Gasteiger partial charge in [-0.05, 0) is 38.0 Å². The topological polar surface area (TPSA) is 123 Å². The Morgan fingerprint density at radius 3 is 2.37 bits per heavy atom. The van der Waals surface area contributed by atoms with Gasteiger partial charge in [0.25, 0.3) is 0 Å². The molecule has 0 saturated carbocycles. The van der Waals surface area contributed by atoms with Crippen molar-refractivity contribution >= 4 is 29.5 Å². The predicted octanol–water partition coefficient (Wildman–Crippen LogP) is 3.63. The zero-order valence-corrected chi connectivity index (χ0v) is 21.0. The lowest BCUT2D eigenvalue weighted by Crippen LogP contribution is -2.36. The van der Waals surface area contributed by atoms with Crippen LogP contribution >= 0.6 is 0 Å². The Morgan fingerprint density at radius 1 is 1.14 bits per heavy atom. The number of ether oxygens (including phenoxy) is 2. The molecule has 0 aliphatic heterocycles. The number of carbonyl (C=O) groups is 2. The Morgan fingerprint density at radius 2 is 1.80 bits per heavy atom. The van der Waals surface area contributed by atoms with Crippen LogP contribution in [-0.2, 0) is 16.0 Å². The third kappa shape index (κ3) is 8.27. The first-order chi connectivity index (χ1) is 16.7. The van der Waals surface area contributed by atoms with Crippen LogP contribution in [0.15, 0.2) is 30.5 Å². The average molecular weight is 491 g/mol. The van der Waals surface area contributed by atoms with E-state index in [0.717, 1.165) is 5.56 Å². The summed E-state index contributed by atoms with van der Waals surface area (Å²) < 4.78 is 24.3. The number of nitrogens with zero attached hydrogens (tertiary/aromatic N) is 4. The zero-order chi connectivity index (χ0) is 26.0. The van der Waals surface area contributed by atoms with E-state index in [2.05, 4.69) is 15.3 Å². The Balaban J connectivity index is 2.27. The van der Waals surface area contributed by atoms with Gasteiger partial charge in [-0.1, -0.05) is 19.1 Å². The number of aromatic nitrogens is 2. The molecule has 0 saturated heterocycles. The third-order valence-electron chi connectivity index (χ3n) is 5.14. The minimum atomic E-state index is -1.71. The second-order valence-corrected chi connectivity index (χ2v) is 8.09. The number of nitrogen functional groups attached to an aromatic ring is 1. The number of anilines is 3. The van der Waals surface area contributed by atoms with E-state index in [9.17, 15) is 14.0 Å². The highest BCUT2D eigenvalue weighted by Crippen LogP contribution is 2.22. The number of hydrogen-bond acceptors (Lipinski definition) is 9. The molecule has 11 heteroatoms. The van der Waals surface area contributed by atoms with Crippen molar-refractivity contribution in [3.05, 3.63) is 36.0 Å². The van der Waals surface area contributed by atoms with Gasteiger partial charge in [-0.15, -0.1) is 0 Å². The van der Waals surface area contributed by atoms with Crippen molar-refractivity contribution in [1.29, 1.82) is 0 Å². The van der Waals surface area contributed by atoms with Crippen LogP contribution in [0.1, 0.15) is 39.2 Å². The molecule has 0 aliphatic carbocycles. The van der Waals surface area contributed by atoms with Crippen LogP contribution < -0.4 is 20.7 Å². The van der Waals surface area contributed by atoms with Crippen LogP contribution in [0.2, 0.25) is 0 Å². The number of nitrogens with two attached hydrogens (primary N) is 1. The molecule has 0 aliphatic rings. The van der Waals surface area contributed by atoms with E-state index < -0.39 is 24.5 Å². The molecule has 2 aromatic rings. The molecule has 0 fully saturated rings. The van der Waals surface area contributed by atoms with Gasteiger partial charge in [0.15, 0.2) is 5.82 Å². The largest absolute Gasteiger partial charge is 0.430 e. The lowest BCUT2D eigenvalue weighted by molar-refractivity contribution is -0.159. The van der Waals surface area contributed by atoms with Crippen LogP contribution in [0.25, 0.3) is 0 Å². The average Bonchev–Trinajstić information content (AvgIpc) is 2.82. The minimum Gasteiger partial charge on any atom is -0.430 e. The first kappa shape index (κ1) is 27.6. The summed E-state index contributed by atoms with van der Waals surface area (Å²) in [6, 6.07) is 5.69. The maximum Gasteiger partial charge on any atom is 0.414 e. The summed E-state index contributed by atoms with van der Waals surface area (Å²) in [7, 11) is 3.17. The quantitative estimate of drug-likeness (QED) is 0.429. The normalized spacial score (nSPS) is 12.4. The maximum atomic E-state index is 14.1. The fourth-order valence-electron chi connectivity index (χ4n) is 3.13. The van der Waals surface area contributed by atoms with Gasteiger partial charge in [-0.2, -0.15) is 4.98 Å². The molecule has 1 amide bonds. The summed E-state index contributed by atoms with van der Waals surface area (Å²) in [5, 5.41) is 3.01. The Hall–Kier alpha value is -3.63. The fourth-order valence-corrected chi connectivity index (χ4v) is 3.13. The molecule has 0 spiro atoms. The summed E-state index contributed by atoms with van der Waals surface area (Å²) in [5.74, 6) is 0.304. The number of esters is 1. The molecule has 35 heavy (non-hydrogen) atoms. The first-order valence-corrected chi connectivity index (χ1v) is 11.6. The number of nitrogens with one attached hydrogen (secondary N) is 1. The minimum absolute atomic E-state index is 0.103. The summed E-state index contributed by atoms with van der Waals surface area (Å²) in [6.45, 7) is 7.14. The van der Waals surface area contributed by atoms with Crippen molar-refractivity contribution < 1.29 is 23.5 Å². The molecule has 0 radical (unpaired) electrons. The molecule has 3 N–H and O–H groups in total. The van der Waals surface area contributed by atoms with Crippen LogP contribution in [0.4, 0.5) is 26.6 Å². The summed E-state index contributed by atoms with van der Waals surface area (Å²) >= 11 is 0. The second-order valence-electron chi connectivity index (χ2n) is 8.09. The molecule has 1 heterocycles. The number of amides is 1. The Labute approximate surface area is 205 Å². The highest BCUT2D eigenvalue weighted by molar-refractivity contribution is 5.81. The molecule has 0 bridgehead atoms. The van der Waals surface area contributed by atoms with Gasteiger partial charge in [0, 0.05) is 40.0 Å². The molecular weight excluding hydrogens is 455 g/mol. The second kappa shape index (κ2) is 13.3. The maximum absolute atomic E-state index is 14.1. The number of carbonyl (C=O) groups excluding carboxylic acids is 2. The van der Waals surface area contributed by atoms with Crippen molar-refractivity contribution in [2.45, 2.75) is 52.4 Å². The van der Waals surface area contributed by atoms with E-state index in [1.807, 2.05) is 18.7 Å². The van der Waals surface area contributed by atoms with Gasteiger partial charge in [-0.25, -0.2) is 19.0 Å².